The molecule has 0 aromatic carbocycles. The van der Waals surface area contributed by atoms with E-state index in [2.05, 4.69) is 6.58 Å². The van der Waals surface area contributed by atoms with Crippen LogP contribution in [0, 0.1) is 5.92 Å². The molecule has 3 nitrogen and oxygen atoms in total. The standard InChI is InChI=1S/C10H16O3/c1-8(10(11)12)6-13-7-9-4-2-3-5-9/h9H,1-7H2,(H,11,12). The van der Waals surface area contributed by atoms with Crippen LogP contribution >= 0.6 is 0 Å². The Morgan fingerprint density at radius 2 is 2.08 bits per heavy atom. The molecule has 0 unspecified atom stereocenters. The summed E-state index contributed by atoms with van der Waals surface area (Å²) in [5.41, 5.74) is 0.137. The topological polar surface area (TPSA) is 46.5 Å². The third kappa shape index (κ3) is 3.59. The maximum Gasteiger partial charge on any atom is 0.333 e. The van der Waals surface area contributed by atoms with E-state index in [4.69, 9.17) is 9.84 Å². The van der Waals surface area contributed by atoms with Gasteiger partial charge < -0.3 is 9.84 Å². The van der Waals surface area contributed by atoms with Gasteiger partial charge in [-0.05, 0) is 18.8 Å². The number of hydrogen-bond donors (Lipinski definition) is 1. The molecule has 0 radical (unpaired) electrons. The van der Waals surface area contributed by atoms with Crippen LogP contribution in [-0.4, -0.2) is 24.3 Å². The van der Waals surface area contributed by atoms with Crippen molar-refractivity contribution in [1.29, 1.82) is 0 Å². The fraction of sp³-hybridized carbons (Fsp3) is 0.700. The highest BCUT2D eigenvalue weighted by molar-refractivity contribution is 5.85. The zero-order valence-electron chi connectivity index (χ0n) is 7.79. The van der Waals surface area contributed by atoms with Gasteiger partial charge in [-0.1, -0.05) is 19.4 Å². The van der Waals surface area contributed by atoms with Crippen LogP contribution in [0.3, 0.4) is 0 Å². The predicted octanol–water partition coefficient (Wildman–Crippen LogP) is 1.83. The minimum absolute atomic E-state index is 0.137. The van der Waals surface area contributed by atoms with Crippen molar-refractivity contribution < 1.29 is 14.6 Å². The Kier molecular flexibility index (Phi) is 3.96. The van der Waals surface area contributed by atoms with Crippen LogP contribution in [-0.2, 0) is 9.53 Å². The minimum atomic E-state index is -0.966. The number of carboxylic acid groups (broad SMARTS) is 1. The lowest BCUT2D eigenvalue weighted by Crippen LogP contribution is -2.11. The van der Waals surface area contributed by atoms with Crippen LogP contribution in [0.1, 0.15) is 25.7 Å². The zero-order chi connectivity index (χ0) is 9.68. The summed E-state index contributed by atoms with van der Waals surface area (Å²) in [4.78, 5) is 10.3. The lowest BCUT2D eigenvalue weighted by molar-refractivity contribution is -0.133. The van der Waals surface area contributed by atoms with Gasteiger partial charge in [0.25, 0.3) is 0 Å². The molecule has 0 atom stereocenters. The summed E-state index contributed by atoms with van der Waals surface area (Å²) in [6.45, 7) is 4.24. The molecule has 1 fully saturated rings. The van der Waals surface area contributed by atoms with Crippen molar-refractivity contribution in [1.82, 2.24) is 0 Å². The van der Waals surface area contributed by atoms with E-state index >= 15 is 0 Å². The third-order valence-corrected chi connectivity index (χ3v) is 2.41. The normalized spacial score (nSPS) is 17.5. The summed E-state index contributed by atoms with van der Waals surface area (Å²) in [5, 5.41) is 8.49. The molecule has 0 aromatic rings. The molecule has 0 aliphatic heterocycles. The first-order valence-corrected chi connectivity index (χ1v) is 4.69. The van der Waals surface area contributed by atoms with Crippen LogP contribution in [0.15, 0.2) is 12.2 Å². The van der Waals surface area contributed by atoms with Gasteiger partial charge in [0.1, 0.15) is 0 Å². The Balaban J connectivity index is 2.06. The second kappa shape index (κ2) is 5.02. The van der Waals surface area contributed by atoms with E-state index in [0.717, 1.165) is 0 Å². The van der Waals surface area contributed by atoms with Crippen molar-refractivity contribution in [3.63, 3.8) is 0 Å². The van der Waals surface area contributed by atoms with Gasteiger partial charge in [-0.2, -0.15) is 0 Å². The summed E-state index contributed by atoms with van der Waals surface area (Å²) in [6, 6.07) is 0. The number of hydrogen-bond acceptors (Lipinski definition) is 2. The molecule has 3 heteroatoms. The van der Waals surface area contributed by atoms with Crippen LogP contribution < -0.4 is 0 Å². The van der Waals surface area contributed by atoms with E-state index in [1.807, 2.05) is 0 Å². The van der Waals surface area contributed by atoms with Gasteiger partial charge in [0.15, 0.2) is 0 Å². The number of carbonyl (C=O) groups is 1. The Bertz CT molecular complexity index is 192. The average molecular weight is 184 g/mol. The smallest absolute Gasteiger partial charge is 0.333 e. The molecule has 74 valence electrons. The maximum absolute atomic E-state index is 10.3. The first-order valence-electron chi connectivity index (χ1n) is 4.69. The summed E-state index contributed by atoms with van der Waals surface area (Å²) >= 11 is 0. The molecule has 0 bridgehead atoms. The molecule has 0 spiro atoms. The summed E-state index contributed by atoms with van der Waals surface area (Å²) < 4.78 is 5.26. The second-order valence-corrected chi connectivity index (χ2v) is 3.57. The number of ether oxygens (including phenoxy) is 1. The SMILES string of the molecule is C=C(COCC1CCCC1)C(=O)O. The molecule has 1 aliphatic rings. The van der Waals surface area contributed by atoms with Crippen LogP contribution in [0.25, 0.3) is 0 Å². The van der Waals surface area contributed by atoms with Gasteiger partial charge >= 0.3 is 5.97 Å². The van der Waals surface area contributed by atoms with Crippen molar-refractivity contribution in [3.8, 4) is 0 Å². The number of rotatable bonds is 5. The highest BCUT2D eigenvalue weighted by Gasteiger charge is 2.15. The van der Waals surface area contributed by atoms with Crippen molar-refractivity contribution in [2.75, 3.05) is 13.2 Å². The van der Waals surface area contributed by atoms with Gasteiger partial charge in [-0.3, -0.25) is 0 Å². The minimum Gasteiger partial charge on any atom is -0.478 e. The summed E-state index contributed by atoms with van der Waals surface area (Å²) in [7, 11) is 0. The third-order valence-electron chi connectivity index (χ3n) is 2.41. The molecular weight excluding hydrogens is 168 g/mol. The highest BCUT2D eigenvalue weighted by Crippen LogP contribution is 2.24. The molecule has 1 rings (SSSR count). The predicted molar refractivity (Wildman–Crippen MR) is 49.6 cm³/mol. The molecule has 1 N–H and O–H groups in total. The van der Waals surface area contributed by atoms with E-state index in [9.17, 15) is 4.79 Å². The van der Waals surface area contributed by atoms with Crippen molar-refractivity contribution >= 4 is 5.97 Å². The van der Waals surface area contributed by atoms with Crippen molar-refractivity contribution in [2.45, 2.75) is 25.7 Å². The zero-order valence-corrected chi connectivity index (χ0v) is 7.79. The van der Waals surface area contributed by atoms with Gasteiger partial charge in [0.05, 0.1) is 12.2 Å². The average Bonchev–Trinajstić information content (AvgIpc) is 2.56. The molecule has 0 heterocycles. The van der Waals surface area contributed by atoms with Gasteiger partial charge in [-0.15, -0.1) is 0 Å². The molecule has 0 saturated heterocycles. The second-order valence-electron chi connectivity index (χ2n) is 3.57. The summed E-state index contributed by atoms with van der Waals surface area (Å²) in [6.07, 6.45) is 5.01. The van der Waals surface area contributed by atoms with E-state index in [-0.39, 0.29) is 12.2 Å². The fourth-order valence-electron chi connectivity index (χ4n) is 1.59. The molecule has 13 heavy (non-hydrogen) atoms. The Hall–Kier alpha value is -0.830. The largest absolute Gasteiger partial charge is 0.478 e. The van der Waals surface area contributed by atoms with Crippen LogP contribution in [0.4, 0.5) is 0 Å². The summed E-state index contributed by atoms with van der Waals surface area (Å²) in [5.74, 6) is -0.326. The van der Waals surface area contributed by atoms with Gasteiger partial charge in [-0.25, -0.2) is 4.79 Å². The quantitative estimate of drug-likeness (QED) is 0.663. The Morgan fingerprint density at radius 3 is 2.62 bits per heavy atom. The van der Waals surface area contributed by atoms with Gasteiger partial charge in [0, 0.05) is 6.61 Å². The van der Waals surface area contributed by atoms with Crippen molar-refractivity contribution in [3.05, 3.63) is 12.2 Å². The van der Waals surface area contributed by atoms with Crippen molar-refractivity contribution in [2.24, 2.45) is 5.92 Å². The highest BCUT2D eigenvalue weighted by atomic mass is 16.5. The Morgan fingerprint density at radius 1 is 1.46 bits per heavy atom. The lowest BCUT2D eigenvalue weighted by atomic mass is 10.1. The van der Waals surface area contributed by atoms with E-state index in [0.29, 0.717) is 12.5 Å². The monoisotopic (exact) mass is 184 g/mol. The van der Waals surface area contributed by atoms with E-state index in [1.165, 1.54) is 25.7 Å². The molecule has 0 amide bonds. The Labute approximate surface area is 78.4 Å². The lowest BCUT2D eigenvalue weighted by Gasteiger charge is -2.09. The van der Waals surface area contributed by atoms with E-state index in [1.54, 1.807) is 0 Å². The molecular formula is C10H16O3. The van der Waals surface area contributed by atoms with E-state index < -0.39 is 5.97 Å². The van der Waals surface area contributed by atoms with Crippen LogP contribution in [0.5, 0.6) is 0 Å². The number of aliphatic carboxylic acids is 1. The molecule has 1 aliphatic carbocycles. The first-order chi connectivity index (χ1) is 6.20. The first kappa shape index (κ1) is 10.3. The molecule has 0 aromatic heterocycles. The number of carboxylic acids is 1. The maximum atomic E-state index is 10.3. The molecule has 1 saturated carbocycles. The van der Waals surface area contributed by atoms with Gasteiger partial charge in [0.2, 0.25) is 0 Å². The van der Waals surface area contributed by atoms with Crippen LogP contribution in [0.2, 0.25) is 0 Å². The fourth-order valence-corrected chi connectivity index (χ4v) is 1.59.